The van der Waals surface area contributed by atoms with Crippen LogP contribution in [0.1, 0.15) is 19.4 Å². The Morgan fingerprint density at radius 2 is 2.21 bits per heavy atom. The minimum atomic E-state index is -0.405. The lowest BCUT2D eigenvalue weighted by Gasteiger charge is -2.30. The first-order valence-electron chi connectivity index (χ1n) is 6.01. The largest absolute Gasteiger partial charge is 0.384 e. The van der Waals surface area contributed by atoms with E-state index in [1.807, 2.05) is 18.7 Å². The fourth-order valence-electron chi connectivity index (χ4n) is 2.02. The zero-order chi connectivity index (χ0) is 14.6. The summed E-state index contributed by atoms with van der Waals surface area (Å²) in [6.07, 6.45) is 0. The molecule has 106 valence electrons. The molecule has 0 fully saturated rings. The van der Waals surface area contributed by atoms with Gasteiger partial charge in [-0.05, 0) is 41.9 Å². The number of ether oxygens (including phenoxy) is 1. The van der Waals surface area contributed by atoms with Crippen molar-refractivity contribution in [3.63, 3.8) is 0 Å². The van der Waals surface area contributed by atoms with Crippen molar-refractivity contribution in [2.24, 2.45) is 5.73 Å². The zero-order valence-corrected chi connectivity index (χ0v) is 12.9. The number of nitrogens with one attached hydrogen (secondary N) is 1. The van der Waals surface area contributed by atoms with Crippen LogP contribution in [0.15, 0.2) is 16.6 Å². The molecule has 0 aliphatic rings. The molecule has 0 aromatic heterocycles. The molecule has 1 rings (SSSR count). The third-order valence-corrected chi connectivity index (χ3v) is 3.72. The molecule has 1 unspecified atom stereocenters. The van der Waals surface area contributed by atoms with E-state index in [1.54, 1.807) is 19.2 Å². The number of likely N-dealkylation sites (N-methyl/N-ethyl adjacent to an activating group) is 1. The fraction of sp³-hybridized carbons (Fsp3) is 0.462. The van der Waals surface area contributed by atoms with Gasteiger partial charge in [0, 0.05) is 25.3 Å². The number of rotatable bonds is 6. The summed E-state index contributed by atoms with van der Waals surface area (Å²) in [7, 11) is 1.62. The number of hydrogen-bond donors (Lipinski definition) is 2. The number of nitrogens with zero attached hydrogens (tertiary/aromatic N) is 1. The minimum absolute atomic E-state index is 0.0552. The number of benzene rings is 1. The number of nitrogens with two attached hydrogens (primary N) is 1. The second kappa shape index (κ2) is 6.86. The summed E-state index contributed by atoms with van der Waals surface area (Å²) in [5, 5.41) is 7.39. The molecule has 0 radical (unpaired) electrons. The lowest BCUT2D eigenvalue weighted by Crippen LogP contribution is -2.36. The van der Waals surface area contributed by atoms with Gasteiger partial charge in [0.15, 0.2) is 5.82 Å². The van der Waals surface area contributed by atoms with Gasteiger partial charge in [-0.25, -0.2) is 4.39 Å². The average molecular weight is 332 g/mol. The first-order valence-corrected chi connectivity index (χ1v) is 6.81. The van der Waals surface area contributed by atoms with Gasteiger partial charge in [0.25, 0.3) is 0 Å². The zero-order valence-electron chi connectivity index (χ0n) is 11.3. The standard InChI is InChI=1S/C13H19BrFN3O/c1-4-18(8(2)7-19-3)10-6-5-9(13(16)17)11(14)12(10)15/h5-6,8H,4,7H2,1-3H3,(H3,16,17). The van der Waals surface area contributed by atoms with Crippen molar-refractivity contribution in [3.8, 4) is 0 Å². The van der Waals surface area contributed by atoms with Crippen LogP contribution in [-0.4, -0.2) is 32.1 Å². The highest BCUT2D eigenvalue weighted by atomic mass is 79.9. The van der Waals surface area contributed by atoms with Crippen molar-refractivity contribution in [2.75, 3.05) is 25.2 Å². The Morgan fingerprint density at radius 3 is 2.68 bits per heavy atom. The SMILES string of the molecule is CCN(c1ccc(C(=N)N)c(Br)c1F)C(C)COC. The second-order valence-electron chi connectivity index (χ2n) is 4.26. The van der Waals surface area contributed by atoms with Crippen LogP contribution in [-0.2, 0) is 4.74 Å². The maximum absolute atomic E-state index is 14.4. The van der Waals surface area contributed by atoms with Crippen LogP contribution in [0.3, 0.4) is 0 Å². The highest BCUT2D eigenvalue weighted by Crippen LogP contribution is 2.30. The highest BCUT2D eigenvalue weighted by Gasteiger charge is 2.20. The summed E-state index contributed by atoms with van der Waals surface area (Å²) in [5.74, 6) is -0.567. The topological polar surface area (TPSA) is 62.3 Å². The van der Waals surface area contributed by atoms with Gasteiger partial charge < -0.3 is 15.4 Å². The predicted molar refractivity (Wildman–Crippen MR) is 79.5 cm³/mol. The molecule has 1 aromatic rings. The Labute approximate surface area is 121 Å². The summed E-state index contributed by atoms with van der Waals surface area (Å²) < 4.78 is 19.7. The van der Waals surface area contributed by atoms with Gasteiger partial charge in [-0.15, -0.1) is 0 Å². The van der Waals surface area contributed by atoms with E-state index in [1.165, 1.54) is 0 Å². The predicted octanol–water partition coefficient (Wildman–Crippen LogP) is 2.73. The summed E-state index contributed by atoms with van der Waals surface area (Å²) in [6.45, 7) is 5.10. The molecule has 0 amide bonds. The molecule has 0 heterocycles. The molecule has 3 N–H and O–H groups in total. The highest BCUT2D eigenvalue weighted by molar-refractivity contribution is 9.10. The smallest absolute Gasteiger partial charge is 0.161 e. The molecule has 0 spiro atoms. The van der Waals surface area contributed by atoms with Crippen LogP contribution in [0.25, 0.3) is 0 Å². The lowest BCUT2D eigenvalue weighted by atomic mass is 10.1. The third kappa shape index (κ3) is 3.45. The number of amidine groups is 1. The van der Waals surface area contributed by atoms with Gasteiger partial charge in [-0.2, -0.15) is 0 Å². The molecule has 0 aliphatic heterocycles. The van der Waals surface area contributed by atoms with Crippen LogP contribution in [0, 0.1) is 11.2 Å². The molecule has 0 aliphatic carbocycles. The molecule has 0 saturated carbocycles. The molecular weight excluding hydrogens is 313 g/mol. The van der Waals surface area contributed by atoms with E-state index < -0.39 is 5.82 Å². The average Bonchev–Trinajstić information content (AvgIpc) is 2.35. The summed E-state index contributed by atoms with van der Waals surface area (Å²) in [6, 6.07) is 3.35. The molecule has 4 nitrogen and oxygen atoms in total. The van der Waals surface area contributed by atoms with Crippen LogP contribution in [0.2, 0.25) is 0 Å². The molecule has 1 aromatic carbocycles. The van der Waals surface area contributed by atoms with Crippen LogP contribution in [0.4, 0.5) is 10.1 Å². The maximum atomic E-state index is 14.4. The molecular formula is C13H19BrFN3O. The number of halogens is 2. The first kappa shape index (κ1) is 15.9. The monoisotopic (exact) mass is 331 g/mol. The van der Waals surface area contributed by atoms with Gasteiger partial charge in [-0.1, -0.05) is 0 Å². The number of nitrogen functional groups attached to an aromatic ring is 1. The van der Waals surface area contributed by atoms with Crippen molar-refractivity contribution in [1.82, 2.24) is 0 Å². The Kier molecular flexibility index (Phi) is 5.75. The lowest BCUT2D eigenvalue weighted by molar-refractivity contribution is 0.181. The van der Waals surface area contributed by atoms with Crippen LogP contribution >= 0.6 is 15.9 Å². The molecule has 0 bridgehead atoms. The summed E-state index contributed by atoms with van der Waals surface area (Å²) in [4.78, 5) is 1.91. The van der Waals surface area contributed by atoms with E-state index >= 15 is 0 Å². The van der Waals surface area contributed by atoms with E-state index in [4.69, 9.17) is 15.9 Å². The molecule has 0 saturated heterocycles. The normalized spacial score (nSPS) is 12.3. The maximum Gasteiger partial charge on any atom is 0.161 e. The Balaban J connectivity index is 3.19. The number of methoxy groups -OCH3 is 1. The van der Waals surface area contributed by atoms with E-state index in [-0.39, 0.29) is 16.4 Å². The van der Waals surface area contributed by atoms with Gasteiger partial charge in [0.05, 0.1) is 16.8 Å². The van der Waals surface area contributed by atoms with Gasteiger partial charge >= 0.3 is 0 Å². The van der Waals surface area contributed by atoms with Crippen LogP contribution in [0.5, 0.6) is 0 Å². The van der Waals surface area contributed by atoms with E-state index in [2.05, 4.69) is 15.9 Å². The van der Waals surface area contributed by atoms with E-state index in [9.17, 15) is 4.39 Å². The van der Waals surface area contributed by atoms with Crippen molar-refractivity contribution >= 4 is 27.5 Å². The van der Waals surface area contributed by atoms with Crippen molar-refractivity contribution in [3.05, 3.63) is 28.0 Å². The van der Waals surface area contributed by atoms with Crippen LogP contribution < -0.4 is 10.6 Å². The minimum Gasteiger partial charge on any atom is -0.384 e. The van der Waals surface area contributed by atoms with Crippen molar-refractivity contribution < 1.29 is 9.13 Å². The number of anilines is 1. The molecule has 19 heavy (non-hydrogen) atoms. The fourth-order valence-corrected chi connectivity index (χ4v) is 2.57. The summed E-state index contributed by atoms with van der Waals surface area (Å²) >= 11 is 3.16. The Hall–Kier alpha value is -1.14. The number of hydrogen-bond acceptors (Lipinski definition) is 3. The van der Waals surface area contributed by atoms with E-state index in [0.29, 0.717) is 24.4 Å². The van der Waals surface area contributed by atoms with Gasteiger partial charge in [-0.3, -0.25) is 5.41 Å². The quantitative estimate of drug-likeness (QED) is 0.622. The second-order valence-corrected chi connectivity index (χ2v) is 5.06. The van der Waals surface area contributed by atoms with Crippen molar-refractivity contribution in [2.45, 2.75) is 19.9 Å². The Bertz CT molecular complexity index is 467. The Morgan fingerprint density at radius 1 is 1.58 bits per heavy atom. The first-order chi connectivity index (χ1) is 8.93. The van der Waals surface area contributed by atoms with Gasteiger partial charge in [0.2, 0.25) is 0 Å². The van der Waals surface area contributed by atoms with Gasteiger partial charge in [0.1, 0.15) is 5.84 Å². The summed E-state index contributed by atoms with van der Waals surface area (Å²) in [5.41, 5.74) is 6.24. The third-order valence-electron chi connectivity index (χ3n) is 2.94. The molecule has 1 atom stereocenters. The molecule has 6 heteroatoms. The van der Waals surface area contributed by atoms with Crippen molar-refractivity contribution in [1.29, 1.82) is 5.41 Å². The van der Waals surface area contributed by atoms with E-state index in [0.717, 1.165) is 0 Å².